The van der Waals surface area contributed by atoms with Crippen LogP contribution in [0.15, 0.2) is 53.3 Å². The van der Waals surface area contributed by atoms with E-state index >= 15 is 0 Å². The highest BCUT2D eigenvalue weighted by Gasteiger charge is 2.10. The Bertz CT molecular complexity index is 932. The van der Waals surface area contributed by atoms with E-state index in [0.29, 0.717) is 21.7 Å². The molecule has 0 bridgehead atoms. The average Bonchev–Trinajstić information content (AvgIpc) is 3.19. The molecule has 0 aliphatic rings. The van der Waals surface area contributed by atoms with Gasteiger partial charge >= 0.3 is 0 Å². The van der Waals surface area contributed by atoms with Crippen molar-refractivity contribution in [3.05, 3.63) is 58.8 Å². The molecule has 23 heavy (non-hydrogen) atoms. The van der Waals surface area contributed by atoms with Crippen LogP contribution in [-0.2, 0) is 5.75 Å². The van der Waals surface area contributed by atoms with Crippen LogP contribution >= 0.6 is 34.7 Å². The lowest BCUT2D eigenvalue weighted by Gasteiger charge is -1.98. The van der Waals surface area contributed by atoms with Gasteiger partial charge in [-0.05, 0) is 12.1 Å². The predicted octanol–water partition coefficient (Wildman–Crippen LogP) is 4.19. The quantitative estimate of drug-likeness (QED) is 0.511. The van der Waals surface area contributed by atoms with Crippen molar-refractivity contribution in [1.29, 1.82) is 0 Å². The molecule has 0 radical (unpaired) electrons. The maximum Gasteiger partial charge on any atom is 0.253 e. The van der Waals surface area contributed by atoms with Crippen molar-refractivity contribution in [1.82, 2.24) is 24.6 Å². The summed E-state index contributed by atoms with van der Waals surface area (Å²) in [5.74, 6) is 1.31. The third-order valence-electron chi connectivity index (χ3n) is 3.10. The molecule has 3 aromatic heterocycles. The fourth-order valence-electron chi connectivity index (χ4n) is 2.05. The lowest BCUT2D eigenvalue weighted by atomic mass is 10.2. The highest BCUT2D eigenvalue weighted by Crippen LogP contribution is 2.31. The minimum Gasteiger partial charge on any atom is -0.240 e. The number of aromatic nitrogens is 5. The number of rotatable bonds is 4. The van der Waals surface area contributed by atoms with Crippen LogP contribution in [0.1, 0.15) is 5.69 Å². The number of hydrogen-bond acceptors (Lipinski definition) is 6. The highest BCUT2D eigenvalue weighted by atomic mass is 35.5. The molecule has 5 nitrogen and oxygen atoms in total. The minimum atomic E-state index is 0.602. The summed E-state index contributed by atoms with van der Waals surface area (Å²) in [6.45, 7) is 0. The van der Waals surface area contributed by atoms with Crippen LogP contribution in [0.5, 0.6) is 0 Å². The van der Waals surface area contributed by atoms with E-state index in [1.54, 1.807) is 33.8 Å². The Morgan fingerprint density at radius 3 is 2.96 bits per heavy atom. The third kappa shape index (κ3) is 3.08. The van der Waals surface area contributed by atoms with E-state index in [9.17, 15) is 0 Å². The van der Waals surface area contributed by atoms with E-state index in [-0.39, 0.29) is 0 Å². The van der Waals surface area contributed by atoms with E-state index < -0.39 is 0 Å². The number of thiazole rings is 1. The fourth-order valence-corrected chi connectivity index (χ4v) is 4.01. The molecule has 1 aromatic carbocycles. The zero-order valence-corrected chi connectivity index (χ0v) is 14.1. The van der Waals surface area contributed by atoms with Crippen LogP contribution in [0, 0.1) is 0 Å². The first kappa shape index (κ1) is 14.6. The Balaban J connectivity index is 1.51. The van der Waals surface area contributed by atoms with Crippen LogP contribution in [0.3, 0.4) is 0 Å². The second-order valence-electron chi connectivity index (χ2n) is 4.67. The molecule has 4 aromatic rings. The maximum absolute atomic E-state index is 6.22. The van der Waals surface area contributed by atoms with Crippen molar-refractivity contribution in [3.8, 4) is 10.6 Å². The van der Waals surface area contributed by atoms with Gasteiger partial charge in [-0.15, -0.1) is 16.4 Å². The van der Waals surface area contributed by atoms with Gasteiger partial charge < -0.3 is 0 Å². The normalized spacial score (nSPS) is 11.2. The van der Waals surface area contributed by atoms with Crippen LogP contribution in [-0.4, -0.2) is 24.6 Å². The largest absolute Gasteiger partial charge is 0.253 e. The molecule has 8 heteroatoms. The van der Waals surface area contributed by atoms with Crippen molar-refractivity contribution in [2.24, 2.45) is 0 Å². The summed E-state index contributed by atoms with van der Waals surface area (Å²) >= 11 is 9.35. The van der Waals surface area contributed by atoms with Crippen molar-refractivity contribution in [2.75, 3.05) is 0 Å². The van der Waals surface area contributed by atoms with Crippen molar-refractivity contribution >= 4 is 40.5 Å². The van der Waals surface area contributed by atoms with E-state index in [2.05, 4.69) is 20.1 Å². The molecular formula is C15H10ClN5S2. The average molecular weight is 360 g/mol. The predicted molar refractivity (Wildman–Crippen MR) is 92.9 cm³/mol. The molecule has 0 atom stereocenters. The maximum atomic E-state index is 6.22. The Morgan fingerprint density at radius 2 is 2.09 bits per heavy atom. The smallest absolute Gasteiger partial charge is 0.240 e. The van der Waals surface area contributed by atoms with Gasteiger partial charge in [-0.2, -0.15) is 4.98 Å². The Hall–Kier alpha value is -1.96. The van der Waals surface area contributed by atoms with Gasteiger partial charge in [-0.25, -0.2) is 14.5 Å². The lowest BCUT2D eigenvalue weighted by Crippen LogP contribution is -1.87. The second-order valence-corrected chi connectivity index (χ2v) is 6.88. The van der Waals surface area contributed by atoms with E-state index in [1.165, 1.54) is 0 Å². The van der Waals surface area contributed by atoms with Gasteiger partial charge in [-0.1, -0.05) is 41.6 Å². The molecule has 0 unspecified atom stereocenters. The summed E-state index contributed by atoms with van der Waals surface area (Å²) in [5.41, 5.74) is 1.95. The van der Waals surface area contributed by atoms with Gasteiger partial charge in [0.1, 0.15) is 5.01 Å². The van der Waals surface area contributed by atoms with Crippen LogP contribution in [0.4, 0.5) is 0 Å². The van der Waals surface area contributed by atoms with Crippen molar-refractivity contribution < 1.29 is 0 Å². The van der Waals surface area contributed by atoms with Gasteiger partial charge in [0.15, 0.2) is 0 Å². The van der Waals surface area contributed by atoms with Crippen molar-refractivity contribution in [2.45, 2.75) is 10.9 Å². The number of halogens is 1. The van der Waals surface area contributed by atoms with Gasteiger partial charge in [0.05, 0.1) is 10.7 Å². The van der Waals surface area contributed by atoms with E-state index in [1.807, 2.05) is 41.9 Å². The monoisotopic (exact) mass is 359 g/mol. The van der Waals surface area contributed by atoms with Gasteiger partial charge in [0, 0.05) is 29.1 Å². The summed E-state index contributed by atoms with van der Waals surface area (Å²) < 4.78 is 1.67. The number of benzene rings is 1. The molecular weight excluding hydrogens is 350 g/mol. The van der Waals surface area contributed by atoms with Gasteiger partial charge in [0.2, 0.25) is 5.16 Å². The zero-order chi connectivity index (χ0) is 15.6. The number of nitrogens with zero attached hydrogens (tertiary/aromatic N) is 5. The first-order chi connectivity index (χ1) is 11.3. The van der Waals surface area contributed by atoms with Gasteiger partial charge in [-0.3, -0.25) is 0 Å². The topological polar surface area (TPSA) is 56.0 Å². The van der Waals surface area contributed by atoms with Crippen molar-refractivity contribution in [3.63, 3.8) is 0 Å². The molecule has 0 N–H and O–H groups in total. The lowest BCUT2D eigenvalue weighted by molar-refractivity contribution is 0.879. The molecule has 3 heterocycles. The number of fused-ring (bicyclic) bond motifs is 1. The first-order valence-electron chi connectivity index (χ1n) is 6.79. The molecule has 0 saturated heterocycles. The molecule has 0 aliphatic heterocycles. The number of thioether (sulfide) groups is 1. The van der Waals surface area contributed by atoms with Crippen LogP contribution in [0.2, 0.25) is 5.02 Å². The summed E-state index contributed by atoms with van der Waals surface area (Å²) in [5, 5.41) is 8.74. The molecule has 0 spiro atoms. The van der Waals surface area contributed by atoms with Crippen LogP contribution in [0.25, 0.3) is 16.3 Å². The van der Waals surface area contributed by atoms with Gasteiger partial charge in [0.25, 0.3) is 5.78 Å². The molecule has 4 rings (SSSR count). The molecule has 0 fully saturated rings. The molecule has 114 valence electrons. The zero-order valence-electron chi connectivity index (χ0n) is 11.8. The Morgan fingerprint density at radius 1 is 1.17 bits per heavy atom. The summed E-state index contributed by atoms with van der Waals surface area (Å²) in [4.78, 5) is 13.2. The fraction of sp³-hybridized carbons (Fsp3) is 0.0667. The molecule has 0 amide bonds. The summed E-state index contributed by atoms with van der Waals surface area (Å²) in [6.07, 6.45) is 3.53. The second kappa shape index (κ2) is 6.27. The standard InChI is InChI=1S/C15H10ClN5S2/c16-12-5-2-1-4-11(12)13-18-10(8-22-13)9-23-15-19-14-17-6-3-7-21(14)20-15/h1-8H,9H2. The Labute approximate surface area is 145 Å². The third-order valence-corrected chi connectivity index (χ3v) is 5.23. The SMILES string of the molecule is Clc1ccccc1-c1nc(CSc2nc3ncccn3n2)cs1. The van der Waals surface area contributed by atoms with Crippen LogP contribution < -0.4 is 0 Å². The van der Waals surface area contributed by atoms with E-state index in [0.717, 1.165) is 16.3 Å². The summed E-state index contributed by atoms with van der Waals surface area (Å²) in [6, 6.07) is 9.56. The number of hydrogen-bond donors (Lipinski definition) is 0. The minimum absolute atomic E-state index is 0.602. The molecule has 0 saturated carbocycles. The highest BCUT2D eigenvalue weighted by molar-refractivity contribution is 7.98. The summed E-state index contributed by atoms with van der Waals surface area (Å²) in [7, 11) is 0. The first-order valence-corrected chi connectivity index (χ1v) is 9.03. The van der Waals surface area contributed by atoms with E-state index in [4.69, 9.17) is 11.6 Å². The Kier molecular flexibility index (Phi) is 3.99. The molecule has 0 aliphatic carbocycles.